The number of nitrogens with zero attached hydrogens (tertiary/aromatic N) is 1. The van der Waals surface area contributed by atoms with Gasteiger partial charge in [-0.15, -0.1) is 0 Å². The van der Waals surface area contributed by atoms with Crippen molar-refractivity contribution in [3.05, 3.63) is 72.4 Å². The molecule has 6 nitrogen and oxygen atoms in total. The predicted octanol–water partition coefficient (Wildman–Crippen LogP) is 2.99. The first-order valence-electron chi connectivity index (χ1n) is 8.57. The summed E-state index contributed by atoms with van der Waals surface area (Å²) in [4.78, 5) is 16.4. The number of rotatable bonds is 8. The minimum Gasteiger partial charge on any atom is -0.468 e. The number of methoxy groups -OCH3 is 1. The van der Waals surface area contributed by atoms with Crippen molar-refractivity contribution in [1.29, 1.82) is 0 Å². The van der Waals surface area contributed by atoms with Crippen LogP contribution in [0, 0.1) is 0 Å². The molecule has 8 heteroatoms. The predicted molar refractivity (Wildman–Crippen MR) is 110 cm³/mol. The van der Waals surface area contributed by atoms with Gasteiger partial charge in [0.25, 0.3) is 0 Å². The highest BCUT2D eigenvalue weighted by molar-refractivity contribution is 7.98. The number of hydrogen-bond donors (Lipinski definition) is 1. The Morgan fingerprint density at radius 2 is 1.86 bits per heavy atom. The fraction of sp³-hybridized carbons (Fsp3) is 0.200. The molecule has 146 valence electrons. The van der Waals surface area contributed by atoms with Crippen molar-refractivity contribution in [2.75, 3.05) is 12.9 Å². The molecule has 0 amide bonds. The van der Waals surface area contributed by atoms with E-state index in [2.05, 4.69) is 9.71 Å². The third-order valence-electron chi connectivity index (χ3n) is 4.06. The second-order valence-electron chi connectivity index (χ2n) is 6.03. The third-order valence-corrected chi connectivity index (χ3v) is 6.67. The summed E-state index contributed by atoms with van der Waals surface area (Å²) in [5, 5.41) is 0.707. The molecule has 0 aliphatic heterocycles. The van der Waals surface area contributed by atoms with Crippen molar-refractivity contribution in [2.24, 2.45) is 0 Å². The van der Waals surface area contributed by atoms with Crippen LogP contribution < -0.4 is 4.72 Å². The van der Waals surface area contributed by atoms with Gasteiger partial charge in [-0.3, -0.25) is 9.78 Å². The van der Waals surface area contributed by atoms with Gasteiger partial charge in [0.2, 0.25) is 10.0 Å². The summed E-state index contributed by atoms with van der Waals surface area (Å²) in [7, 11) is -2.72. The first-order valence-corrected chi connectivity index (χ1v) is 11.2. The minimum absolute atomic E-state index is 0.0348. The molecule has 0 fully saturated rings. The number of esters is 1. The van der Waals surface area contributed by atoms with Crippen LogP contribution in [0.15, 0.2) is 71.8 Å². The Bertz CT molecular complexity index is 1050. The van der Waals surface area contributed by atoms with Crippen LogP contribution in [0.2, 0.25) is 0 Å². The first kappa shape index (κ1) is 20.3. The van der Waals surface area contributed by atoms with Crippen LogP contribution in [-0.4, -0.2) is 38.3 Å². The number of thioether (sulfide) groups is 1. The van der Waals surface area contributed by atoms with Crippen LogP contribution in [0.3, 0.4) is 0 Å². The van der Waals surface area contributed by atoms with Gasteiger partial charge in [-0.2, -0.15) is 16.5 Å². The number of sulfonamides is 1. The van der Waals surface area contributed by atoms with Gasteiger partial charge >= 0.3 is 5.97 Å². The maximum Gasteiger partial charge on any atom is 0.324 e. The quantitative estimate of drug-likeness (QED) is 0.568. The van der Waals surface area contributed by atoms with E-state index < -0.39 is 22.0 Å². The van der Waals surface area contributed by atoms with Crippen LogP contribution in [0.5, 0.6) is 0 Å². The standard InChI is InChI=1S/C20H20N2O4S2/c1-26-20(23)17(14-27-13-15-7-3-2-4-8-15)22-28(24,25)18-11-5-9-16-10-6-12-21-19(16)18/h2-12,17,22H,13-14H2,1H3. The van der Waals surface area contributed by atoms with E-state index in [0.29, 0.717) is 16.7 Å². The molecule has 0 aliphatic carbocycles. The Hall–Kier alpha value is -2.42. The van der Waals surface area contributed by atoms with Crippen LogP contribution >= 0.6 is 11.8 Å². The van der Waals surface area contributed by atoms with E-state index in [1.807, 2.05) is 30.3 Å². The van der Waals surface area contributed by atoms with E-state index in [4.69, 9.17) is 4.74 Å². The van der Waals surface area contributed by atoms with Crippen molar-refractivity contribution in [3.8, 4) is 0 Å². The number of carbonyl (C=O) groups excluding carboxylic acids is 1. The summed E-state index contributed by atoms with van der Waals surface area (Å²) in [6.45, 7) is 0. The molecule has 0 aliphatic rings. The number of para-hydroxylation sites is 1. The SMILES string of the molecule is COC(=O)C(CSCc1ccccc1)NS(=O)(=O)c1cccc2cccnc12. The summed E-state index contributed by atoms with van der Waals surface area (Å²) >= 11 is 1.45. The Kier molecular flexibility index (Phi) is 6.66. The van der Waals surface area contributed by atoms with E-state index in [0.717, 1.165) is 5.56 Å². The van der Waals surface area contributed by atoms with E-state index >= 15 is 0 Å². The van der Waals surface area contributed by atoms with Crippen molar-refractivity contribution >= 4 is 38.7 Å². The van der Waals surface area contributed by atoms with E-state index in [1.54, 1.807) is 24.3 Å². The molecule has 0 bridgehead atoms. The average molecular weight is 417 g/mol. The molecule has 28 heavy (non-hydrogen) atoms. The fourth-order valence-electron chi connectivity index (χ4n) is 2.71. The summed E-state index contributed by atoms with van der Waals surface area (Å²) in [6, 6.07) is 17.2. The molecule has 3 aromatic rings. The number of carbonyl (C=O) groups is 1. The van der Waals surface area contributed by atoms with Crippen molar-refractivity contribution in [3.63, 3.8) is 0 Å². The summed E-state index contributed by atoms with van der Waals surface area (Å²) < 4.78 is 33.1. The molecular weight excluding hydrogens is 396 g/mol. The highest BCUT2D eigenvalue weighted by Crippen LogP contribution is 2.21. The molecule has 0 radical (unpaired) electrons. The van der Waals surface area contributed by atoms with Gasteiger partial charge in [0, 0.05) is 23.1 Å². The molecule has 1 N–H and O–H groups in total. The van der Waals surface area contributed by atoms with Crippen molar-refractivity contribution in [2.45, 2.75) is 16.7 Å². The Labute approximate surface area is 168 Å². The molecular formula is C20H20N2O4S2. The number of fused-ring (bicyclic) bond motifs is 1. The molecule has 3 rings (SSSR count). The summed E-state index contributed by atoms with van der Waals surface area (Å²) in [5.41, 5.74) is 1.45. The van der Waals surface area contributed by atoms with Gasteiger partial charge in [-0.25, -0.2) is 8.42 Å². The molecule has 1 heterocycles. The van der Waals surface area contributed by atoms with E-state index in [-0.39, 0.29) is 10.6 Å². The van der Waals surface area contributed by atoms with Gasteiger partial charge in [0.15, 0.2) is 0 Å². The first-order chi connectivity index (χ1) is 13.5. The zero-order valence-corrected chi connectivity index (χ0v) is 16.9. The summed E-state index contributed by atoms with van der Waals surface area (Å²) in [6.07, 6.45) is 1.54. The zero-order chi connectivity index (χ0) is 20.0. The molecule has 1 atom stereocenters. The average Bonchev–Trinajstić information content (AvgIpc) is 2.72. The number of aromatic nitrogens is 1. The Morgan fingerprint density at radius 1 is 1.11 bits per heavy atom. The van der Waals surface area contributed by atoms with Crippen molar-refractivity contribution < 1.29 is 17.9 Å². The highest BCUT2D eigenvalue weighted by atomic mass is 32.2. The number of benzene rings is 2. The maximum absolute atomic E-state index is 12.9. The second-order valence-corrected chi connectivity index (χ2v) is 8.74. The van der Waals surface area contributed by atoms with Gasteiger partial charge in [-0.1, -0.05) is 48.5 Å². The van der Waals surface area contributed by atoms with Crippen LogP contribution in [-0.2, 0) is 25.3 Å². The maximum atomic E-state index is 12.9. The molecule has 1 aromatic heterocycles. The lowest BCUT2D eigenvalue weighted by molar-refractivity contribution is -0.141. The van der Waals surface area contributed by atoms with Crippen LogP contribution in [0.4, 0.5) is 0 Å². The lowest BCUT2D eigenvalue weighted by Crippen LogP contribution is -2.43. The van der Waals surface area contributed by atoms with Gasteiger partial charge in [0.1, 0.15) is 10.9 Å². The molecule has 0 spiro atoms. The smallest absolute Gasteiger partial charge is 0.324 e. The van der Waals surface area contributed by atoms with E-state index in [9.17, 15) is 13.2 Å². The third kappa shape index (κ3) is 4.89. The second kappa shape index (κ2) is 9.18. The van der Waals surface area contributed by atoms with Gasteiger partial charge in [-0.05, 0) is 17.7 Å². The molecule has 0 saturated carbocycles. The molecule has 0 saturated heterocycles. The topological polar surface area (TPSA) is 85.4 Å². The van der Waals surface area contributed by atoms with Crippen LogP contribution in [0.1, 0.15) is 5.56 Å². The van der Waals surface area contributed by atoms with Gasteiger partial charge in [0.05, 0.1) is 12.6 Å². The largest absolute Gasteiger partial charge is 0.468 e. The Balaban J connectivity index is 1.78. The molecule has 1 unspecified atom stereocenters. The lowest BCUT2D eigenvalue weighted by atomic mass is 10.2. The Morgan fingerprint density at radius 3 is 2.61 bits per heavy atom. The number of nitrogens with one attached hydrogen (secondary N) is 1. The molecule has 2 aromatic carbocycles. The van der Waals surface area contributed by atoms with Gasteiger partial charge < -0.3 is 4.74 Å². The zero-order valence-electron chi connectivity index (χ0n) is 15.2. The van der Waals surface area contributed by atoms with Crippen molar-refractivity contribution in [1.82, 2.24) is 9.71 Å². The van der Waals surface area contributed by atoms with E-state index in [1.165, 1.54) is 31.1 Å². The normalized spacial score (nSPS) is 12.6. The monoisotopic (exact) mass is 416 g/mol. The van der Waals surface area contributed by atoms with Crippen LogP contribution in [0.25, 0.3) is 10.9 Å². The number of ether oxygens (including phenoxy) is 1. The minimum atomic E-state index is -3.96. The fourth-order valence-corrected chi connectivity index (χ4v) is 5.18. The number of pyridine rings is 1. The number of hydrogen-bond acceptors (Lipinski definition) is 6. The highest BCUT2D eigenvalue weighted by Gasteiger charge is 2.28. The summed E-state index contributed by atoms with van der Waals surface area (Å²) in [5.74, 6) is 0.280. The lowest BCUT2D eigenvalue weighted by Gasteiger charge is -2.17.